The predicted octanol–water partition coefficient (Wildman–Crippen LogP) is 1.59. The van der Waals surface area contributed by atoms with Crippen molar-refractivity contribution in [3.05, 3.63) is 46.0 Å². The maximum atomic E-state index is 14.6. The van der Waals surface area contributed by atoms with Gasteiger partial charge in [0, 0.05) is 0 Å². The number of nitrogens with zero attached hydrogens (tertiary/aromatic N) is 2. The monoisotopic (exact) mass is 511 g/mol. The number of aliphatic hydroxyl groups is 2. The van der Waals surface area contributed by atoms with Crippen molar-refractivity contribution >= 4 is 22.8 Å². The van der Waals surface area contributed by atoms with E-state index in [0.29, 0.717) is 5.52 Å². The van der Waals surface area contributed by atoms with Crippen LogP contribution in [0.1, 0.15) is 11.1 Å². The van der Waals surface area contributed by atoms with Gasteiger partial charge in [0.2, 0.25) is 5.88 Å². The molecule has 186 valence electrons. The second-order valence-electron chi connectivity index (χ2n) is 8.74. The standard InChI is InChI=1S/C22H20ClF2N3O7/c23-11-3-14-19(28-21(26-14)35-16-6-33-17-15(29)5-32-18(16)17)27-20(11)34-4-10-12(24)1-9(2-13(10)25)22(30)7-31-8-22/h1-3,15-18,29-30H,4-8H2,(H,26,27,28)/t15-,16-,17-,18-/m1/s1. The molecule has 6 rings (SSSR count). The Hall–Kier alpha value is -2.61. The minimum atomic E-state index is -1.40. The third-order valence-corrected chi connectivity index (χ3v) is 6.60. The summed E-state index contributed by atoms with van der Waals surface area (Å²) < 4.78 is 56.5. The van der Waals surface area contributed by atoms with Crippen molar-refractivity contribution in [3.8, 4) is 11.9 Å². The molecule has 0 saturated carbocycles. The summed E-state index contributed by atoms with van der Waals surface area (Å²) in [6.45, 7) is -0.138. The van der Waals surface area contributed by atoms with E-state index >= 15 is 0 Å². The Morgan fingerprint density at radius 1 is 1.11 bits per heavy atom. The first-order valence-corrected chi connectivity index (χ1v) is 11.2. The minimum absolute atomic E-state index is 0.0272. The lowest BCUT2D eigenvalue weighted by molar-refractivity contribution is -0.184. The van der Waals surface area contributed by atoms with Crippen LogP contribution in [0.15, 0.2) is 18.2 Å². The molecule has 4 atom stereocenters. The van der Waals surface area contributed by atoms with Gasteiger partial charge in [0.25, 0.3) is 6.01 Å². The molecular weight excluding hydrogens is 492 g/mol. The average Bonchev–Trinajstić information content (AvgIpc) is 3.48. The van der Waals surface area contributed by atoms with Crippen molar-refractivity contribution in [1.29, 1.82) is 0 Å². The lowest BCUT2D eigenvalue weighted by Gasteiger charge is -2.36. The van der Waals surface area contributed by atoms with E-state index in [-0.39, 0.29) is 60.1 Å². The fraction of sp³-hybridized carbons (Fsp3) is 0.455. The molecule has 3 aromatic rings. The Balaban J connectivity index is 1.18. The first kappa shape index (κ1) is 22.8. The van der Waals surface area contributed by atoms with Gasteiger partial charge < -0.3 is 38.9 Å². The normalized spacial score (nSPS) is 27.1. The van der Waals surface area contributed by atoms with Crippen molar-refractivity contribution in [1.82, 2.24) is 15.0 Å². The van der Waals surface area contributed by atoms with E-state index in [1.54, 1.807) is 0 Å². The van der Waals surface area contributed by atoms with Gasteiger partial charge in [-0.2, -0.15) is 9.97 Å². The maximum Gasteiger partial charge on any atom is 0.296 e. The van der Waals surface area contributed by atoms with Gasteiger partial charge in [-0.1, -0.05) is 11.6 Å². The van der Waals surface area contributed by atoms with E-state index in [2.05, 4.69) is 15.0 Å². The molecule has 5 heterocycles. The summed E-state index contributed by atoms with van der Waals surface area (Å²) in [4.78, 5) is 11.4. The minimum Gasteiger partial charge on any atom is -0.471 e. The Kier molecular flexibility index (Phi) is 5.55. The number of benzene rings is 1. The number of aromatic amines is 1. The number of pyridine rings is 1. The van der Waals surface area contributed by atoms with Gasteiger partial charge in [0.15, 0.2) is 11.8 Å². The molecule has 3 fully saturated rings. The number of fused-ring (bicyclic) bond motifs is 2. The van der Waals surface area contributed by atoms with Crippen LogP contribution in [0.5, 0.6) is 11.9 Å². The van der Waals surface area contributed by atoms with E-state index in [9.17, 15) is 19.0 Å². The maximum absolute atomic E-state index is 14.6. The summed E-state index contributed by atoms with van der Waals surface area (Å²) in [5.41, 5.74) is -0.966. The highest BCUT2D eigenvalue weighted by Gasteiger charge is 2.48. The zero-order valence-corrected chi connectivity index (χ0v) is 18.8. The van der Waals surface area contributed by atoms with Crippen LogP contribution in [0, 0.1) is 11.6 Å². The van der Waals surface area contributed by atoms with Gasteiger partial charge >= 0.3 is 0 Å². The molecule has 1 aromatic carbocycles. The Bertz CT molecular complexity index is 1260. The van der Waals surface area contributed by atoms with Gasteiger partial charge in [0.05, 0.1) is 37.5 Å². The molecule has 3 N–H and O–H groups in total. The number of aliphatic hydroxyl groups excluding tert-OH is 1. The first-order valence-electron chi connectivity index (χ1n) is 10.9. The predicted molar refractivity (Wildman–Crippen MR) is 114 cm³/mol. The van der Waals surface area contributed by atoms with Gasteiger partial charge in [-0.05, 0) is 23.8 Å². The fourth-order valence-electron chi connectivity index (χ4n) is 4.34. The quantitative estimate of drug-likeness (QED) is 0.452. The van der Waals surface area contributed by atoms with E-state index < -0.39 is 48.3 Å². The number of halogens is 3. The van der Waals surface area contributed by atoms with Crippen LogP contribution in [0.3, 0.4) is 0 Å². The highest BCUT2D eigenvalue weighted by atomic mass is 35.5. The lowest BCUT2D eigenvalue weighted by Crippen LogP contribution is -2.46. The zero-order chi connectivity index (χ0) is 24.3. The summed E-state index contributed by atoms with van der Waals surface area (Å²) in [6.07, 6.45) is -2.03. The zero-order valence-electron chi connectivity index (χ0n) is 18.0. The number of hydrogen-bond donors (Lipinski definition) is 3. The van der Waals surface area contributed by atoms with Gasteiger partial charge in [0.1, 0.15) is 47.2 Å². The molecule has 10 nitrogen and oxygen atoms in total. The summed E-state index contributed by atoms with van der Waals surface area (Å²) in [7, 11) is 0. The van der Waals surface area contributed by atoms with Crippen LogP contribution in [0.2, 0.25) is 5.02 Å². The van der Waals surface area contributed by atoms with Crippen LogP contribution in [0.25, 0.3) is 11.2 Å². The SMILES string of the molecule is O[C@@H]1CO[C@H]2[C@@H]1OC[C@H]2Oc1nc2nc(OCc3c(F)cc(C4(O)COC4)cc3F)c(Cl)cc2[nH]1. The Labute approximate surface area is 201 Å². The molecular formula is C22H20ClF2N3O7. The molecule has 2 aromatic heterocycles. The highest BCUT2D eigenvalue weighted by Crippen LogP contribution is 2.33. The van der Waals surface area contributed by atoms with Gasteiger partial charge in [-0.3, -0.25) is 0 Å². The van der Waals surface area contributed by atoms with Crippen LogP contribution in [-0.4, -0.2) is 76.0 Å². The fourth-order valence-corrected chi connectivity index (χ4v) is 4.54. The van der Waals surface area contributed by atoms with Crippen LogP contribution in [-0.2, 0) is 26.4 Å². The van der Waals surface area contributed by atoms with Crippen molar-refractivity contribution in [2.45, 2.75) is 36.6 Å². The van der Waals surface area contributed by atoms with E-state index in [0.717, 1.165) is 12.1 Å². The van der Waals surface area contributed by atoms with Crippen LogP contribution in [0.4, 0.5) is 8.78 Å². The van der Waals surface area contributed by atoms with Crippen molar-refractivity contribution in [3.63, 3.8) is 0 Å². The van der Waals surface area contributed by atoms with Gasteiger partial charge in [-0.25, -0.2) is 8.78 Å². The molecule has 3 saturated heterocycles. The second-order valence-corrected chi connectivity index (χ2v) is 9.15. The molecule has 0 spiro atoms. The molecule has 35 heavy (non-hydrogen) atoms. The molecule has 0 aliphatic carbocycles. The highest BCUT2D eigenvalue weighted by molar-refractivity contribution is 6.32. The summed E-state index contributed by atoms with van der Waals surface area (Å²) >= 11 is 6.25. The first-order chi connectivity index (χ1) is 16.8. The molecule has 3 aliphatic rings. The molecule has 0 radical (unpaired) electrons. The number of rotatable bonds is 6. The number of ether oxygens (including phenoxy) is 5. The number of nitrogens with one attached hydrogen (secondary N) is 1. The van der Waals surface area contributed by atoms with E-state index in [4.69, 9.17) is 35.3 Å². The summed E-state index contributed by atoms with van der Waals surface area (Å²) in [5.74, 6) is -1.81. The topological polar surface area (TPSA) is 128 Å². The van der Waals surface area contributed by atoms with Gasteiger partial charge in [-0.15, -0.1) is 0 Å². The number of aromatic nitrogens is 3. The third-order valence-electron chi connectivity index (χ3n) is 6.33. The van der Waals surface area contributed by atoms with Crippen molar-refractivity contribution in [2.24, 2.45) is 0 Å². The Morgan fingerprint density at radius 3 is 2.57 bits per heavy atom. The largest absolute Gasteiger partial charge is 0.471 e. The molecule has 0 bridgehead atoms. The van der Waals surface area contributed by atoms with Crippen LogP contribution < -0.4 is 9.47 Å². The summed E-state index contributed by atoms with van der Waals surface area (Å²) in [5, 5.41) is 20.2. The third kappa shape index (κ3) is 3.99. The lowest BCUT2D eigenvalue weighted by atomic mass is 9.91. The molecule has 0 unspecified atom stereocenters. The second kappa shape index (κ2) is 8.50. The molecule has 13 heteroatoms. The van der Waals surface area contributed by atoms with Crippen molar-refractivity contribution < 1.29 is 42.7 Å². The van der Waals surface area contributed by atoms with Crippen LogP contribution >= 0.6 is 11.6 Å². The summed E-state index contributed by atoms with van der Waals surface area (Å²) in [6, 6.07) is 3.77. The Morgan fingerprint density at radius 2 is 1.86 bits per heavy atom. The molecule has 0 amide bonds. The number of hydrogen-bond acceptors (Lipinski definition) is 9. The molecule has 3 aliphatic heterocycles. The number of H-pyrrole nitrogens is 1. The van der Waals surface area contributed by atoms with Crippen molar-refractivity contribution in [2.75, 3.05) is 26.4 Å². The smallest absolute Gasteiger partial charge is 0.296 e. The number of imidazole rings is 1. The average molecular weight is 512 g/mol. The van der Waals surface area contributed by atoms with E-state index in [1.165, 1.54) is 6.07 Å². The van der Waals surface area contributed by atoms with E-state index in [1.807, 2.05) is 0 Å².